The normalized spacial score (nSPS) is 15.6. The van der Waals surface area contributed by atoms with Crippen molar-refractivity contribution in [2.45, 2.75) is 45.6 Å². The fraction of sp³-hybridized carbons (Fsp3) is 0.455. The number of carbonyl (C=O) groups is 2. The molecule has 1 fully saturated rings. The van der Waals surface area contributed by atoms with Gasteiger partial charge >= 0.3 is 0 Å². The van der Waals surface area contributed by atoms with Crippen molar-refractivity contribution in [3.63, 3.8) is 0 Å². The molecule has 30 heavy (non-hydrogen) atoms. The summed E-state index contributed by atoms with van der Waals surface area (Å²) in [6, 6.07) is 8.27. The van der Waals surface area contributed by atoms with Gasteiger partial charge in [0, 0.05) is 49.2 Å². The number of ketones is 1. The summed E-state index contributed by atoms with van der Waals surface area (Å²) in [6.07, 6.45) is 0. The average molecular weight is 432 g/mol. The maximum atomic E-state index is 13.1. The molecule has 3 rings (SSSR count). The summed E-state index contributed by atoms with van der Waals surface area (Å²) in [6.45, 7) is 10.6. The second-order valence-corrected chi connectivity index (χ2v) is 9.97. The summed E-state index contributed by atoms with van der Waals surface area (Å²) < 4.78 is 29.5. The summed E-state index contributed by atoms with van der Waals surface area (Å²) in [5.74, 6) is -0.243. The summed E-state index contributed by atoms with van der Waals surface area (Å²) in [5.41, 5.74) is 3.01. The van der Waals surface area contributed by atoms with Crippen molar-refractivity contribution < 1.29 is 18.0 Å². The highest BCUT2D eigenvalue weighted by molar-refractivity contribution is 7.89. The van der Waals surface area contributed by atoms with Gasteiger partial charge in [-0.2, -0.15) is 4.31 Å². The Kier molecular flexibility index (Phi) is 6.19. The first-order valence-electron chi connectivity index (χ1n) is 10.1. The number of hydrogen-bond acceptors (Lipinski definition) is 4. The van der Waals surface area contributed by atoms with Crippen LogP contribution in [0, 0.1) is 13.8 Å². The van der Waals surface area contributed by atoms with Crippen LogP contribution >= 0.6 is 0 Å². The fourth-order valence-corrected chi connectivity index (χ4v) is 5.58. The van der Waals surface area contributed by atoms with E-state index >= 15 is 0 Å². The van der Waals surface area contributed by atoms with Gasteiger partial charge in [-0.05, 0) is 52.8 Å². The molecule has 2 heterocycles. The molecular weight excluding hydrogens is 402 g/mol. The Morgan fingerprint density at radius 1 is 1.00 bits per heavy atom. The van der Waals surface area contributed by atoms with Crippen molar-refractivity contribution in [2.24, 2.45) is 0 Å². The zero-order valence-electron chi connectivity index (χ0n) is 18.2. The number of nitrogens with zero attached hydrogens (tertiary/aromatic N) is 3. The van der Waals surface area contributed by atoms with E-state index in [9.17, 15) is 18.0 Å². The van der Waals surface area contributed by atoms with Crippen molar-refractivity contribution in [3.8, 4) is 0 Å². The maximum Gasteiger partial charge on any atom is 0.255 e. The second kappa shape index (κ2) is 8.35. The lowest BCUT2D eigenvalue weighted by molar-refractivity contribution is 0.0696. The largest absolute Gasteiger partial charge is 0.346 e. The van der Waals surface area contributed by atoms with E-state index in [1.807, 2.05) is 19.9 Å². The highest BCUT2D eigenvalue weighted by Gasteiger charge is 2.31. The van der Waals surface area contributed by atoms with Crippen LogP contribution in [0.1, 0.15) is 58.9 Å². The Hall–Kier alpha value is -2.45. The van der Waals surface area contributed by atoms with E-state index < -0.39 is 10.0 Å². The summed E-state index contributed by atoms with van der Waals surface area (Å²) in [4.78, 5) is 26.5. The monoisotopic (exact) mass is 431 g/mol. The van der Waals surface area contributed by atoms with Gasteiger partial charge in [-0.25, -0.2) is 8.42 Å². The van der Waals surface area contributed by atoms with Crippen LogP contribution in [-0.2, 0) is 10.0 Å². The summed E-state index contributed by atoms with van der Waals surface area (Å²) in [5, 5.41) is 0. The van der Waals surface area contributed by atoms with Crippen LogP contribution in [0.3, 0.4) is 0 Å². The highest BCUT2D eigenvalue weighted by Crippen LogP contribution is 2.23. The van der Waals surface area contributed by atoms with E-state index in [1.54, 1.807) is 17.0 Å². The van der Waals surface area contributed by atoms with Gasteiger partial charge < -0.3 is 9.47 Å². The molecule has 0 N–H and O–H groups in total. The molecule has 0 radical (unpaired) electrons. The lowest BCUT2D eigenvalue weighted by Crippen LogP contribution is -2.50. The van der Waals surface area contributed by atoms with Crippen molar-refractivity contribution in [1.29, 1.82) is 0 Å². The third kappa shape index (κ3) is 4.06. The molecule has 1 saturated heterocycles. The van der Waals surface area contributed by atoms with Gasteiger partial charge in [0.15, 0.2) is 5.78 Å². The zero-order chi connectivity index (χ0) is 22.2. The first-order valence-corrected chi connectivity index (χ1v) is 11.6. The predicted octanol–water partition coefficient (Wildman–Crippen LogP) is 3.04. The molecular formula is C22H29N3O4S. The number of Topliss-reactive ketones (excluding diaryl/α,β-unsaturated/α-hetero) is 1. The van der Waals surface area contributed by atoms with Crippen LogP contribution in [-0.4, -0.2) is 60.1 Å². The SMILES string of the molecule is CC(=O)c1cccc(S(=O)(=O)N2CCN(C(=O)c3cc(C)n(C(C)C)c3C)CC2)c1. The molecule has 0 atom stereocenters. The molecule has 0 bridgehead atoms. The van der Waals surface area contributed by atoms with Gasteiger partial charge in [-0.15, -0.1) is 0 Å². The molecule has 0 spiro atoms. The Morgan fingerprint density at radius 2 is 1.63 bits per heavy atom. The molecule has 1 amide bonds. The molecule has 0 unspecified atom stereocenters. The van der Waals surface area contributed by atoms with Crippen molar-refractivity contribution >= 4 is 21.7 Å². The maximum absolute atomic E-state index is 13.1. The number of aromatic nitrogens is 1. The molecule has 1 aliphatic heterocycles. The van der Waals surface area contributed by atoms with E-state index in [0.717, 1.165) is 11.4 Å². The first-order chi connectivity index (χ1) is 14.0. The van der Waals surface area contributed by atoms with E-state index in [-0.39, 0.29) is 35.7 Å². The quantitative estimate of drug-likeness (QED) is 0.682. The molecule has 162 valence electrons. The lowest BCUT2D eigenvalue weighted by Gasteiger charge is -2.34. The number of benzene rings is 1. The van der Waals surface area contributed by atoms with E-state index in [1.165, 1.54) is 23.4 Å². The molecule has 0 saturated carbocycles. The topological polar surface area (TPSA) is 79.7 Å². The van der Waals surface area contributed by atoms with Crippen molar-refractivity contribution in [3.05, 3.63) is 52.8 Å². The van der Waals surface area contributed by atoms with Gasteiger partial charge in [0.25, 0.3) is 5.91 Å². The minimum absolute atomic E-state index is 0.0642. The Bertz CT molecular complexity index is 1080. The zero-order valence-corrected chi connectivity index (χ0v) is 19.0. The van der Waals surface area contributed by atoms with E-state index in [0.29, 0.717) is 24.2 Å². The van der Waals surface area contributed by atoms with Crippen LogP contribution in [0.25, 0.3) is 0 Å². The van der Waals surface area contributed by atoms with Crippen molar-refractivity contribution in [2.75, 3.05) is 26.2 Å². The smallest absolute Gasteiger partial charge is 0.255 e. The number of piperazine rings is 1. The molecule has 2 aromatic rings. The Balaban J connectivity index is 1.75. The van der Waals surface area contributed by atoms with Crippen LogP contribution in [0.2, 0.25) is 0 Å². The summed E-state index contributed by atoms with van der Waals surface area (Å²) in [7, 11) is -3.71. The first kappa shape index (κ1) is 22.2. The molecule has 1 aliphatic rings. The Labute approximate surface area is 178 Å². The number of sulfonamides is 1. The standard InChI is InChI=1S/C22H29N3O4S/c1-15(2)25-16(3)13-21(17(25)4)22(27)23-9-11-24(12-10-23)30(28,29)20-8-6-7-19(14-20)18(5)26/h6-8,13-15H,9-12H2,1-5H3. The molecule has 1 aromatic heterocycles. The minimum atomic E-state index is -3.71. The number of rotatable bonds is 5. The minimum Gasteiger partial charge on any atom is -0.346 e. The predicted molar refractivity (Wildman–Crippen MR) is 115 cm³/mol. The van der Waals surface area contributed by atoms with Crippen LogP contribution < -0.4 is 0 Å². The van der Waals surface area contributed by atoms with Gasteiger partial charge in [-0.1, -0.05) is 12.1 Å². The molecule has 7 nitrogen and oxygen atoms in total. The fourth-order valence-electron chi connectivity index (χ4n) is 4.11. The van der Waals surface area contributed by atoms with Crippen LogP contribution in [0.15, 0.2) is 35.2 Å². The third-order valence-corrected chi connectivity index (χ3v) is 7.53. The molecule has 8 heteroatoms. The van der Waals surface area contributed by atoms with Crippen LogP contribution in [0.4, 0.5) is 0 Å². The third-order valence-electron chi connectivity index (χ3n) is 5.64. The lowest BCUT2D eigenvalue weighted by atomic mass is 10.2. The van der Waals surface area contributed by atoms with E-state index in [2.05, 4.69) is 18.4 Å². The van der Waals surface area contributed by atoms with Crippen molar-refractivity contribution in [1.82, 2.24) is 13.8 Å². The average Bonchev–Trinajstić information content (AvgIpc) is 3.01. The number of amides is 1. The Morgan fingerprint density at radius 3 is 2.17 bits per heavy atom. The van der Waals surface area contributed by atoms with Gasteiger partial charge in [-0.3, -0.25) is 9.59 Å². The van der Waals surface area contributed by atoms with E-state index in [4.69, 9.17) is 0 Å². The number of hydrogen-bond donors (Lipinski definition) is 0. The van der Waals surface area contributed by atoms with Crippen LogP contribution in [0.5, 0.6) is 0 Å². The molecule has 0 aliphatic carbocycles. The highest BCUT2D eigenvalue weighted by atomic mass is 32.2. The number of carbonyl (C=O) groups excluding carboxylic acids is 2. The van der Waals surface area contributed by atoms with Gasteiger partial charge in [0.05, 0.1) is 10.5 Å². The van der Waals surface area contributed by atoms with Gasteiger partial charge in [0.1, 0.15) is 0 Å². The van der Waals surface area contributed by atoms with Gasteiger partial charge in [0.2, 0.25) is 10.0 Å². The molecule has 1 aromatic carbocycles. The summed E-state index contributed by atoms with van der Waals surface area (Å²) >= 11 is 0. The second-order valence-electron chi connectivity index (χ2n) is 8.03. The number of aryl methyl sites for hydroxylation is 1.